The van der Waals surface area contributed by atoms with Gasteiger partial charge in [-0.3, -0.25) is 9.89 Å². The van der Waals surface area contributed by atoms with Gasteiger partial charge in [0.1, 0.15) is 0 Å². The smallest absolute Gasteiger partial charge is 0.264 e. The molecular formula is C11H10Cl2N2O. The number of hydrogen-bond donors (Lipinski definition) is 2. The van der Waals surface area contributed by atoms with E-state index in [9.17, 15) is 4.79 Å². The fraction of sp³-hybridized carbons (Fsp3) is 0.182. The van der Waals surface area contributed by atoms with Gasteiger partial charge in [-0.1, -0.05) is 23.2 Å². The SMILES string of the molecule is O=c1cc(CCc2cc(Cl)cc(Cl)c2)[nH][nH]1. The van der Waals surface area contributed by atoms with Crippen molar-refractivity contribution < 1.29 is 0 Å². The Kier molecular flexibility index (Phi) is 3.36. The van der Waals surface area contributed by atoms with Gasteiger partial charge in [-0.2, -0.15) is 0 Å². The second-order valence-corrected chi connectivity index (χ2v) is 4.43. The molecule has 0 aliphatic carbocycles. The highest BCUT2D eigenvalue weighted by Crippen LogP contribution is 2.19. The molecule has 2 aromatic rings. The third-order valence-corrected chi connectivity index (χ3v) is 2.69. The number of nitrogens with one attached hydrogen (secondary N) is 2. The van der Waals surface area contributed by atoms with E-state index < -0.39 is 0 Å². The maximum Gasteiger partial charge on any atom is 0.264 e. The van der Waals surface area contributed by atoms with Gasteiger partial charge < -0.3 is 5.10 Å². The predicted molar refractivity (Wildman–Crippen MR) is 65.3 cm³/mol. The summed E-state index contributed by atoms with van der Waals surface area (Å²) in [6.45, 7) is 0. The van der Waals surface area contributed by atoms with Crippen molar-refractivity contribution >= 4 is 23.2 Å². The first-order valence-electron chi connectivity index (χ1n) is 4.85. The zero-order valence-electron chi connectivity index (χ0n) is 8.39. The third-order valence-electron chi connectivity index (χ3n) is 2.26. The maximum absolute atomic E-state index is 10.9. The molecule has 0 bridgehead atoms. The average Bonchev–Trinajstić information content (AvgIpc) is 2.60. The Morgan fingerprint density at radius 2 is 1.62 bits per heavy atom. The van der Waals surface area contributed by atoms with Crippen LogP contribution < -0.4 is 5.56 Å². The minimum Gasteiger partial charge on any atom is -0.302 e. The van der Waals surface area contributed by atoms with E-state index >= 15 is 0 Å². The zero-order valence-corrected chi connectivity index (χ0v) is 9.90. The highest BCUT2D eigenvalue weighted by Gasteiger charge is 2.01. The third kappa shape index (κ3) is 2.90. The Balaban J connectivity index is 2.07. The molecule has 0 radical (unpaired) electrons. The molecule has 84 valence electrons. The summed E-state index contributed by atoms with van der Waals surface area (Å²) in [5, 5.41) is 6.56. The minimum absolute atomic E-state index is 0.112. The number of aromatic amines is 2. The van der Waals surface area contributed by atoms with Gasteiger partial charge in [0.2, 0.25) is 0 Å². The van der Waals surface area contributed by atoms with Crippen LogP contribution in [0.15, 0.2) is 29.1 Å². The van der Waals surface area contributed by atoms with Crippen molar-refractivity contribution in [3.63, 3.8) is 0 Å². The largest absolute Gasteiger partial charge is 0.302 e. The highest BCUT2D eigenvalue weighted by atomic mass is 35.5. The van der Waals surface area contributed by atoms with Crippen LogP contribution in [0.25, 0.3) is 0 Å². The van der Waals surface area contributed by atoms with E-state index in [-0.39, 0.29) is 5.56 Å². The molecule has 0 aliphatic heterocycles. The van der Waals surface area contributed by atoms with Crippen molar-refractivity contribution in [3.8, 4) is 0 Å². The molecule has 1 aromatic heterocycles. The lowest BCUT2D eigenvalue weighted by atomic mass is 10.1. The van der Waals surface area contributed by atoms with Gasteiger partial charge in [0.15, 0.2) is 0 Å². The summed E-state index contributed by atoms with van der Waals surface area (Å²) in [6, 6.07) is 6.99. The van der Waals surface area contributed by atoms with Crippen LogP contribution in [0, 0.1) is 0 Å². The summed E-state index contributed by atoms with van der Waals surface area (Å²) in [5.41, 5.74) is 1.82. The van der Waals surface area contributed by atoms with Gasteiger partial charge in [-0.05, 0) is 36.6 Å². The number of H-pyrrole nitrogens is 2. The van der Waals surface area contributed by atoms with Crippen molar-refractivity contribution in [2.75, 3.05) is 0 Å². The topological polar surface area (TPSA) is 48.6 Å². The number of rotatable bonds is 3. The van der Waals surface area contributed by atoms with E-state index in [4.69, 9.17) is 23.2 Å². The van der Waals surface area contributed by atoms with Crippen LogP contribution >= 0.6 is 23.2 Å². The molecular weight excluding hydrogens is 247 g/mol. The van der Waals surface area contributed by atoms with Crippen LogP contribution in [0.1, 0.15) is 11.3 Å². The molecule has 1 aromatic carbocycles. The normalized spacial score (nSPS) is 10.6. The van der Waals surface area contributed by atoms with E-state index in [0.29, 0.717) is 10.0 Å². The molecule has 0 unspecified atom stereocenters. The second-order valence-electron chi connectivity index (χ2n) is 3.56. The van der Waals surface area contributed by atoms with E-state index in [0.717, 1.165) is 24.1 Å². The molecule has 16 heavy (non-hydrogen) atoms. The Labute approximate surface area is 102 Å². The van der Waals surface area contributed by atoms with Crippen LogP contribution in [0.3, 0.4) is 0 Å². The Bertz CT molecular complexity index is 525. The predicted octanol–water partition coefficient (Wildman–Crippen LogP) is 2.79. The van der Waals surface area contributed by atoms with Crippen LogP contribution in [0.2, 0.25) is 10.0 Å². The highest BCUT2D eigenvalue weighted by molar-refractivity contribution is 6.34. The van der Waals surface area contributed by atoms with Gasteiger partial charge in [0.25, 0.3) is 5.56 Å². The fourth-order valence-electron chi connectivity index (χ4n) is 1.54. The summed E-state index contributed by atoms with van der Waals surface area (Å²) >= 11 is 11.8. The van der Waals surface area contributed by atoms with Gasteiger partial charge in [-0.15, -0.1) is 0 Å². The number of aromatic nitrogens is 2. The van der Waals surface area contributed by atoms with E-state index in [1.165, 1.54) is 0 Å². The molecule has 2 N–H and O–H groups in total. The minimum atomic E-state index is -0.112. The molecule has 3 nitrogen and oxygen atoms in total. The zero-order chi connectivity index (χ0) is 11.5. The summed E-state index contributed by atoms with van der Waals surface area (Å²) in [7, 11) is 0. The van der Waals surface area contributed by atoms with Crippen LogP contribution in [0.4, 0.5) is 0 Å². The molecule has 0 amide bonds. The van der Waals surface area contributed by atoms with Gasteiger partial charge >= 0.3 is 0 Å². The standard InChI is InChI=1S/C11H10Cl2N2O/c12-8-3-7(4-9(13)5-8)1-2-10-6-11(16)15-14-10/h3-6H,1-2H2,(H2,14,15,16). The van der Waals surface area contributed by atoms with Crippen molar-refractivity contribution in [1.82, 2.24) is 10.2 Å². The second kappa shape index (κ2) is 4.76. The maximum atomic E-state index is 10.9. The van der Waals surface area contributed by atoms with Crippen LogP contribution in [-0.2, 0) is 12.8 Å². The Hall–Kier alpha value is -1.19. The van der Waals surface area contributed by atoms with Crippen molar-refractivity contribution in [3.05, 3.63) is 55.9 Å². The lowest BCUT2D eigenvalue weighted by Crippen LogP contribution is -1.94. The fourth-order valence-corrected chi connectivity index (χ4v) is 2.11. The van der Waals surface area contributed by atoms with E-state index in [2.05, 4.69) is 10.2 Å². The monoisotopic (exact) mass is 256 g/mol. The van der Waals surface area contributed by atoms with Crippen LogP contribution in [0.5, 0.6) is 0 Å². The molecule has 2 rings (SSSR count). The first-order chi connectivity index (χ1) is 7.63. The molecule has 0 saturated heterocycles. The number of benzene rings is 1. The summed E-state index contributed by atoms with van der Waals surface area (Å²) in [5.74, 6) is 0. The van der Waals surface area contributed by atoms with Crippen LogP contribution in [-0.4, -0.2) is 10.2 Å². The molecule has 5 heteroatoms. The molecule has 1 heterocycles. The number of halogens is 2. The van der Waals surface area contributed by atoms with Crippen molar-refractivity contribution in [1.29, 1.82) is 0 Å². The van der Waals surface area contributed by atoms with Gasteiger partial charge in [-0.25, -0.2) is 0 Å². The van der Waals surface area contributed by atoms with Crippen molar-refractivity contribution in [2.45, 2.75) is 12.8 Å². The molecule has 0 atom stereocenters. The van der Waals surface area contributed by atoms with Gasteiger partial charge in [0, 0.05) is 21.8 Å². The summed E-state index contributed by atoms with van der Waals surface area (Å²) < 4.78 is 0. The first kappa shape index (κ1) is 11.3. The average molecular weight is 257 g/mol. The summed E-state index contributed by atoms with van der Waals surface area (Å²) in [6.07, 6.45) is 1.53. The van der Waals surface area contributed by atoms with E-state index in [1.807, 2.05) is 12.1 Å². The van der Waals surface area contributed by atoms with Gasteiger partial charge in [0.05, 0.1) is 0 Å². The van der Waals surface area contributed by atoms with Crippen molar-refractivity contribution in [2.24, 2.45) is 0 Å². The van der Waals surface area contributed by atoms with E-state index in [1.54, 1.807) is 12.1 Å². The first-order valence-corrected chi connectivity index (χ1v) is 5.60. The Morgan fingerprint density at radius 3 is 2.19 bits per heavy atom. The Morgan fingerprint density at radius 1 is 0.938 bits per heavy atom. The number of aryl methyl sites for hydroxylation is 2. The lowest BCUT2D eigenvalue weighted by molar-refractivity contribution is 0.890. The quantitative estimate of drug-likeness (QED) is 0.872. The lowest BCUT2D eigenvalue weighted by Gasteiger charge is -2.01. The molecule has 0 aliphatic rings. The number of hydrogen-bond acceptors (Lipinski definition) is 1. The molecule has 0 spiro atoms. The molecule has 0 fully saturated rings. The molecule has 0 saturated carbocycles. The summed E-state index contributed by atoms with van der Waals surface area (Å²) in [4.78, 5) is 10.9.